The number of nitrogens with one attached hydrogen (secondary N) is 4. The summed E-state index contributed by atoms with van der Waals surface area (Å²) in [6, 6.07) is 4.58. The third kappa shape index (κ3) is 7.81. The first-order valence-corrected chi connectivity index (χ1v) is 21.0. The molecule has 13 nitrogen and oxygen atoms in total. The molecular weight excluding hydrogens is 730 g/mol. The third-order valence-corrected chi connectivity index (χ3v) is 14.3. The first-order chi connectivity index (χ1) is 24.9. The van der Waals surface area contributed by atoms with Gasteiger partial charge in [-0.15, -0.1) is 11.3 Å². The molecule has 280 valence electrons. The third-order valence-electron chi connectivity index (χ3n) is 10.8. The summed E-state index contributed by atoms with van der Waals surface area (Å²) in [4.78, 5) is 70.6. The van der Waals surface area contributed by atoms with Gasteiger partial charge < -0.3 is 25.6 Å². The Morgan fingerprint density at radius 2 is 1.73 bits per heavy atom. The highest BCUT2D eigenvalue weighted by molar-refractivity contribution is 7.91. The molecule has 5 aliphatic rings. The fraction of sp³-hybridized carbons (Fsp3) is 0.583. The molecule has 7 rings (SSSR count). The predicted octanol–water partition coefficient (Wildman–Crippen LogP) is 4.30. The summed E-state index contributed by atoms with van der Waals surface area (Å²) >= 11 is 7.84. The van der Waals surface area contributed by atoms with Crippen molar-refractivity contribution in [3.63, 3.8) is 0 Å². The van der Waals surface area contributed by atoms with E-state index in [1.807, 2.05) is 36.4 Å². The van der Waals surface area contributed by atoms with Crippen LogP contribution in [0, 0.1) is 5.92 Å². The van der Waals surface area contributed by atoms with E-state index in [1.165, 1.54) is 16.2 Å². The Hall–Kier alpha value is -3.69. The van der Waals surface area contributed by atoms with Gasteiger partial charge in [0.05, 0.1) is 10.3 Å². The summed E-state index contributed by atoms with van der Waals surface area (Å²) in [7, 11) is -3.90. The van der Waals surface area contributed by atoms with Gasteiger partial charge in [0.2, 0.25) is 21.8 Å². The highest BCUT2D eigenvalue weighted by Crippen LogP contribution is 2.46. The highest BCUT2D eigenvalue weighted by Gasteiger charge is 2.62. The van der Waals surface area contributed by atoms with Crippen LogP contribution < -0.4 is 20.7 Å². The Balaban J connectivity index is 1.15. The number of fused-ring (bicyclic) bond motifs is 3. The number of carbonyl (C=O) groups excluding carboxylic acids is 5. The number of hydrogen-bond acceptors (Lipinski definition) is 9. The number of alkyl carbamates (subject to hydrolysis) is 1. The van der Waals surface area contributed by atoms with Gasteiger partial charge in [0, 0.05) is 28.6 Å². The molecule has 1 saturated heterocycles. The number of rotatable bonds is 7. The summed E-state index contributed by atoms with van der Waals surface area (Å²) in [5, 5.41) is 8.99. The Kier molecular flexibility index (Phi) is 10.6. The average molecular weight is 774 g/mol. The number of amides is 5. The largest absolute Gasteiger partial charge is 0.446 e. The second kappa shape index (κ2) is 15.0. The SMILES string of the molecule is O=C(N[C@H]1CCCCC/C=C\[C@H]2C[C@@]2(C(=O)NS(=O)(=O)C2CC2)NC(=O)[C@@H]2C[C@@H](NC(=O)c3sc4ccccc4c3Cl)CN2C1=O)OC1CCCC1. The molecule has 16 heteroatoms. The van der Waals surface area contributed by atoms with Gasteiger partial charge in [0.15, 0.2) is 0 Å². The number of sulfonamides is 1. The maximum atomic E-state index is 14.4. The smallest absolute Gasteiger partial charge is 0.408 e. The van der Waals surface area contributed by atoms with Crippen LogP contribution in [-0.2, 0) is 29.1 Å². The van der Waals surface area contributed by atoms with Gasteiger partial charge in [0.25, 0.3) is 11.8 Å². The van der Waals surface area contributed by atoms with Crippen molar-refractivity contribution < 1.29 is 37.1 Å². The lowest BCUT2D eigenvalue weighted by Gasteiger charge is -2.30. The summed E-state index contributed by atoms with van der Waals surface area (Å²) in [5.74, 6) is -2.85. The van der Waals surface area contributed by atoms with Gasteiger partial charge in [-0.25, -0.2) is 13.2 Å². The van der Waals surface area contributed by atoms with Crippen LogP contribution in [0.3, 0.4) is 0 Å². The molecule has 0 radical (unpaired) electrons. The molecule has 5 atom stereocenters. The lowest BCUT2D eigenvalue weighted by atomic mass is 10.0. The van der Waals surface area contributed by atoms with E-state index < -0.39 is 74.6 Å². The first kappa shape index (κ1) is 36.7. The summed E-state index contributed by atoms with van der Waals surface area (Å²) in [6.45, 7) is -0.0420. The lowest BCUT2D eigenvalue weighted by Crippen LogP contribution is -2.58. The number of allylic oxidation sites excluding steroid dienone is 1. The number of nitrogens with zero attached hydrogens (tertiary/aromatic N) is 1. The van der Waals surface area contributed by atoms with Gasteiger partial charge in [0.1, 0.15) is 28.6 Å². The number of carbonyl (C=O) groups is 5. The van der Waals surface area contributed by atoms with Gasteiger partial charge >= 0.3 is 6.09 Å². The van der Waals surface area contributed by atoms with Crippen molar-refractivity contribution in [2.75, 3.05) is 6.54 Å². The van der Waals surface area contributed by atoms with Crippen molar-refractivity contribution in [2.45, 2.75) is 118 Å². The molecule has 0 unspecified atom stereocenters. The minimum Gasteiger partial charge on any atom is -0.446 e. The molecule has 2 aliphatic heterocycles. The average Bonchev–Trinajstić information content (AvgIpc) is 3.94. The lowest BCUT2D eigenvalue weighted by molar-refractivity contribution is -0.141. The Morgan fingerprint density at radius 1 is 0.981 bits per heavy atom. The van der Waals surface area contributed by atoms with E-state index in [2.05, 4.69) is 20.7 Å². The maximum absolute atomic E-state index is 14.4. The number of ether oxygens (including phenoxy) is 1. The van der Waals surface area contributed by atoms with Gasteiger partial charge in [-0.2, -0.15) is 0 Å². The Labute approximate surface area is 311 Å². The summed E-state index contributed by atoms with van der Waals surface area (Å²) < 4.78 is 34.2. The number of hydrogen-bond donors (Lipinski definition) is 4. The van der Waals surface area contributed by atoms with Crippen molar-refractivity contribution >= 4 is 72.8 Å². The van der Waals surface area contributed by atoms with Crippen molar-refractivity contribution in [2.24, 2.45) is 5.92 Å². The van der Waals surface area contributed by atoms with Gasteiger partial charge in [-0.3, -0.25) is 23.9 Å². The van der Waals surface area contributed by atoms with E-state index in [9.17, 15) is 32.4 Å². The molecular formula is C36H44ClN5O8S2. The predicted molar refractivity (Wildman–Crippen MR) is 195 cm³/mol. The number of halogens is 1. The van der Waals surface area contributed by atoms with Crippen molar-refractivity contribution in [3.05, 3.63) is 46.3 Å². The van der Waals surface area contributed by atoms with E-state index in [4.69, 9.17) is 16.3 Å². The zero-order valence-electron chi connectivity index (χ0n) is 28.7. The van der Waals surface area contributed by atoms with Gasteiger partial charge in [-0.1, -0.05) is 54.8 Å². The molecule has 5 amide bonds. The van der Waals surface area contributed by atoms with E-state index in [0.717, 1.165) is 48.6 Å². The van der Waals surface area contributed by atoms with Crippen molar-refractivity contribution in [1.82, 2.24) is 25.6 Å². The molecule has 3 aliphatic carbocycles. The first-order valence-electron chi connectivity index (χ1n) is 18.3. The van der Waals surface area contributed by atoms with E-state index in [-0.39, 0.29) is 25.5 Å². The minimum absolute atomic E-state index is 0.0175. The Bertz CT molecular complexity index is 1890. The van der Waals surface area contributed by atoms with Crippen LogP contribution in [0.1, 0.15) is 93.1 Å². The summed E-state index contributed by atoms with van der Waals surface area (Å²) in [5.41, 5.74) is -1.51. The zero-order chi connectivity index (χ0) is 36.6. The zero-order valence-corrected chi connectivity index (χ0v) is 31.1. The highest BCUT2D eigenvalue weighted by atomic mass is 35.5. The second-order valence-electron chi connectivity index (χ2n) is 14.7. The standard InChI is InChI=1S/C36H44ClN5O8S2/c37-29-25-13-8-9-15-28(25)51-30(29)32(44)38-22-18-27-31(43)40-36(34(46)41-52(48,49)24-16-17-24)19-21(36)10-4-2-1-3-5-14-26(33(45)42(27)20-22)39-35(47)50-23-11-6-7-12-23/h4,8-10,13,15,21-24,26-27H,1-3,5-7,11-12,14,16-20H2,(H,38,44)(H,39,47)(H,40,43)(H,41,46)/b10-4-/t21-,22+,26-,27-,36+/m0/s1. The Morgan fingerprint density at radius 3 is 2.48 bits per heavy atom. The molecule has 1 aromatic heterocycles. The van der Waals surface area contributed by atoms with Crippen LogP contribution in [0.25, 0.3) is 10.1 Å². The van der Waals surface area contributed by atoms with Crippen LogP contribution in [-0.4, -0.2) is 84.6 Å². The molecule has 2 aromatic rings. The number of benzene rings is 1. The molecule has 52 heavy (non-hydrogen) atoms. The monoisotopic (exact) mass is 773 g/mol. The van der Waals surface area contributed by atoms with Gasteiger partial charge in [-0.05, 0) is 76.7 Å². The molecule has 0 bridgehead atoms. The van der Waals surface area contributed by atoms with E-state index in [0.29, 0.717) is 42.0 Å². The van der Waals surface area contributed by atoms with Crippen LogP contribution in [0.4, 0.5) is 4.79 Å². The fourth-order valence-electron chi connectivity index (χ4n) is 7.65. The topological polar surface area (TPSA) is 180 Å². The van der Waals surface area contributed by atoms with Crippen LogP contribution in [0.5, 0.6) is 0 Å². The molecule has 4 N–H and O–H groups in total. The normalized spacial score (nSPS) is 29.2. The molecule has 0 spiro atoms. The summed E-state index contributed by atoms with van der Waals surface area (Å²) in [6.07, 6.45) is 10.7. The fourth-order valence-corrected chi connectivity index (χ4v) is 10.4. The van der Waals surface area contributed by atoms with Crippen LogP contribution in [0.2, 0.25) is 5.02 Å². The van der Waals surface area contributed by atoms with Crippen LogP contribution in [0.15, 0.2) is 36.4 Å². The number of thiophene rings is 1. The molecule has 1 aromatic carbocycles. The van der Waals surface area contributed by atoms with Crippen LogP contribution >= 0.6 is 22.9 Å². The molecule has 3 saturated carbocycles. The molecule has 3 heterocycles. The van der Waals surface area contributed by atoms with Crippen molar-refractivity contribution in [1.29, 1.82) is 0 Å². The second-order valence-corrected chi connectivity index (χ2v) is 18.1. The van der Waals surface area contributed by atoms with E-state index >= 15 is 0 Å². The maximum Gasteiger partial charge on any atom is 0.408 e. The molecule has 4 fully saturated rings. The van der Waals surface area contributed by atoms with E-state index in [1.54, 1.807) is 0 Å². The van der Waals surface area contributed by atoms with Crippen molar-refractivity contribution in [3.8, 4) is 0 Å². The quantitative estimate of drug-likeness (QED) is 0.301. The minimum atomic E-state index is -3.90.